The summed E-state index contributed by atoms with van der Waals surface area (Å²) >= 11 is 0. The third-order valence-corrected chi connectivity index (χ3v) is 4.23. The fourth-order valence-electron chi connectivity index (χ4n) is 2.81. The van der Waals surface area contributed by atoms with Crippen molar-refractivity contribution in [1.29, 1.82) is 0 Å². The lowest BCUT2D eigenvalue weighted by Crippen LogP contribution is -2.16. The Morgan fingerprint density at radius 2 is 1.29 bits per heavy atom. The maximum absolute atomic E-state index is 5.93. The van der Waals surface area contributed by atoms with Gasteiger partial charge in [0.15, 0.2) is 11.5 Å². The van der Waals surface area contributed by atoms with Crippen molar-refractivity contribution in [2.45, 2.75) is 65.7 Å². The molecule has 0 spiro atoms. The van der Waals surface area contributed by atoms with E-state index in [9.17, 15) is 0 Å². The molecule has 2 rings (SSSR count). The maximum Gasteiger partial charge on any atom is 0.185 e. The summed E-state index contributed by atoms with van der Waals surface area (Å²) < 4.78 is 0. The third-order valence-electron chi connectivity index (χ3n) is 4.23. The second-order valence-electron chi connectivity index (χ2n) is 7.99. The Hall–Kier alpha value is -1.96. The molecule has 0 radical (unpaired) electrons. The van der Waals surface area contributed by atoms with Gasteiger partial charge in [0.1, 0.15) is 0 Å². The average Bonchev–Trinajstić information content (AvgIpc) is 2.51. The van der Waals surface area contributed by atoms with Gasteiger partial charge in [-0.05, 0) is 23.3 Å². The molecule has 0 atom stereocenters. The Balaban J connectivity index is 2.39. The topological polar surface area (TPSA) is 18.5 Å². The van der Waals surface area contributed by atoms with E-state index in [2.05, 4.69) is 72.7 Å². The molecule has 0 aliphatic heterocycles. The van der Waals surface area contributed by atoms with E-state index in [0.717, 1.165) is 22.6 Å². The fraction of sp³-hybridized carbons (Fsp3) is 0.455. The van der Waals surface area contributed by atoms with Crippen molar-refractivity contribution < 1.29 is 9.78 Å². The number of para-hydroxylation sites is 2. The molecule has 130 valence electrons. The third kappa shape index (κ3) is 4.11. The molecule has 0 bridgehead atoms. The summed E-state index contributed by atoms with van der Waals surface area (Å²) in [6.45, 7) is 15.3. The van der Waals surface area contributed by atoms with Crippen LogP contribution in [0.25, 0.3) is 0 Å². The van der Waals surface area contributed by atoms with Crippen LogP contribution in [0, 0.1) is 0 Å². The van der Waals surface area contributed by atoms with Crippen LogP contribution in [0.2, 0.25) is 0 Å². The summed E-state index contributed by atoms with van der Waals surface area (Å²) in [6, 6.07) is 14.4. The van der Waals surface area contributed by atoms with Crippen LogP contribution < -0.4 is 9.78 Å². The second-order valence-corrected chi connectivity index (χ2v) is 7.99. The Labute approximate surface area is 146 Å². The second kappa shape index (κ2) is 7.29. The average molecular weight is 326 g/mol. The van der Waals surface area contributed by atoms with Gasteiger partial charge < -0.3 is 0 Å². The number of rotatable bonds is 5. The van der Waals surface area contributed by atoms with Crippen LogP contribution in [0.5, 0.6) is 11.5 Å². The van der Waals surface area contributed by atoms with Gasteiger partial charge in [0.25, 0.3) is 0 Å². The predicted molar refractivity (Wildman–Crippen MR) is 101 cm³/mol. The summed E-state index contributed by atoms with van der Waals surface area (Å²) in [5, 5.41) is 0. The summed E-state index contributed by atoms with van der Waals surface area (Å²) in [5.41, 5.74) is 3.47. The summed E-state index contributed by atoms with van der Waals surface area (Å²) in [7, 11) is 0. The molecule has 0 amide bonds. The van der Waals surface area contributed by atoms with Crippen LogP contribution in [0.3, 0.4) is 0 Å². The van der Waals surface area contributed by atoms with E-state index in [0.29, 0.717) is 11.8 Å². The van der Waals surface area contributed by atoms with Crippen LogP contribution in [-0.2, 0) is 5.41 Å². The van der Waals surface area contributed by atoms with Gasteiger partial charge in [0, 0.05) is 16.7 Å². The highest BCUT2D eigenvalue weighted by Crippen LogP contribution is 2.38. The van der Waals surface area contributed by atoms with Crippen molar-refractivity contribution in [3.63, 3.8) is 0 Å². The molecule has 0 aliphatic carbocycles. The Morgan fingerprint density at radius 3 is 1.88 bits per heavy atom. The van der Waals surface area contributed by atoms with Crippen molar-refractivity contribution in [3.8, 4) is 11.5 Å². The van der Waals surface area contributed by atoms with Crippen LogP contribution in [-0.4, -0.2) is 0 Å². The molecule has 24 heavy (non-hydrogen) atoms. The zero-order chi connectivity index (χ0) is 17.9. The van der Waals surface area contributed by atoms with Crippen molar-refractivity contribution >= 4 is 0 Å². The molecule has 0 saturated heterocycles. The quantitative estimate of drug-likeness (QED) is 0.455. The first kappa shape index (κ1) is 18.4. The first-order valence-corrected chi connectivity index (χ1v) is 8.78. The van der Waals surface area contributed by atoms with E-state index in [-0.39, 0.29) is 5.41 Å². The predicted octanol–water partition coefficient (Wildman–Crippen LogP) is 6.60. The lowest BCUT2D eigenvalue weighted by molar-refractivity contribution is -0.103. The first-order chi connectivity index (χ1) is 11.2. The molecule has 0 heterocycles. The van der Waals surface area contributed by atoms with Crippen LogP contribution in [0.4, 0.5) is 0 Å². The molecule has 0 aliphatic rings. The van der Waals surface area contributed by atoms with Crippen molar-refractivity contribution in [3.05, 3.63) is 59.2 Å². The molecule has 0 saturated carbocycles. The van der Waals surface area contributed by atoms with E-state index in [1.807, 2.05) is 18.2 Å². The van der Waals surface area contributed by atoms with E-state index >= 15 is 0 Å². The monoisotopic (exact) mass is 326 g/mol. The molecule has 0 fully saturated rings. The SMILES string of the molecule is CC(C)c1ccccc1OOc1c(C(C)C)cccc1C(C)(C)C. The number of benzene rings is 2. The van der Waals surface area contributed by atoms with Gasteiger partial charge in [-0.2, -0.15) is 0 Å². The first-order valence-electron chi connectivity index (χ1n) is 8.78. The van der Waals surface area contributed by atoms with Gasteiger partial charge >= 0.3 is 0 Å². The maximum atomic E-state index is 5.93. The van der Waals surface area contributed by atoms with Gasteiger partial charge in [0.05, 0.1) is 0 Å². The molecule has 2 nitrogen and oxygen atoms in total. The lowest BCUT2D eigenvalue weighted by atomic mass is 9.84. The molecule has 0 aromatic heterocycles. The molecular weight excluding hydrogens is 296 g/mol. The largest absolute Gasteiger partial charge is 0.290 e. The smallest absolute Gasteiger partial charge is 0.185 e. The molecule has 0 N–H and O–H groups in total. The zero-order valence-corrected chi connectivity index (χ0v) is 16.0. The van der Waals surface area contributed by atoms with Crippen LogP contribution >= 0.6 is 0 Å². The van der Waals surface area contributed by atoms with Gasteiger partial charge in [0.2, 0.25) is 0 Å². The Kier molecular flexibility index (Phi) is 5.58. The minimum atomic E-state index is -0.0127. The Bertz CT molecular complexity index is 679. The van der Waals surface area contributed by atoms with Gasteiger partial charge in [-0.15, -0.1) is 0 Å². The van der Waals surface area contributed by atoms with E-state index in [4.69, 9.17) is 9.78 Å². The highest BCUT2D eigenvalue weighted by molar-refractivity contribution is 5.46. The molecule has 2 aromatic carbocycles. The minimum Gasteiger partial charge on any atom is -0.290 e. The fourth-order valence-corrected chi connectivity index (χ4v) is 2.81. The minimum absolute atomic E-state index is 0.0127. The van der Waals surface area contributed by atoms with Crippen molar-refractivity contribution in [2.75, 3.05) is 0 Å². The van der Waals surface area contributed by atoms with E-state index in [1.54, 1.807) is 0 Å². The number of hydrogen-bond acceptors (Lipinski definition) is 2. The van der Waals surface area contributed by atoms with Gasteiger partial charge in [-0.25, -0.2) is 0 Å². The van der Waals surface area contributed by atoms with Crippen LogP contribution in [0.1, 0.15) is 77.0 Å². The van der Waals surface area contributed by atoms with E-state index in [1.165, 1.54) is 5.56 Å². The highest BCUT2D eigenvalue weighted by atomic mass is 17.2. The van der Waals surface area contributed by atoms with Crippen molar-refractivity contribution in [1.82, 2.24) is 0 Å². The van der Waals surface area contributed by atoms with E-state index < -0.39 is 0 Å². The summed E-state index contributed by atoms with van der Waals surface area (Å²) in [4.78, 5) is 11.7. The molecule has 2 aromatic rings. The summed E-state index contributed by atoms with van der Waals surface area (Å²) in [5.74, 6) is 2.38. The van der Waals surface area contributed by atoms with Crippen molar-refractivity contribution in [2.24, 2.45) is 0 Å². The van der Waals surface area contributed by atoms with Gasteiger partial charge in [-0.3, -0.25) is 9.78 Å². The normalized spacial score (nSPS) is 11.9. The molecular formula is C22H30O2. The molecule has 0 unspecified atom stereocenters. The lowest BCUT2D eigenvalue weighted by Gasteiger charge is -2.25. The summed E-state index contributed by atoms with van der Waals surface area (Å²) in [6.07, 6.45) is 0. The molecule has 2 heteroatoms. The van der Waals surface area contributed by atoms with Crippen LogP contribution in [0.15, 0.2) is 42.5 Å². The highest BCUT2D eigenvalue weighted by Gasteiger charge is 2.24. The zero-order valence-electron chi connectivity index (χ0n) is 16.0. The Morgan fingerprint density at radius 1 is 0.708 bits per heavy atom. The van der Waals surface area contributed by atoms with Gasteiger partial charge in [-0.1, -0.05) is 84.9 Å². The standard InChI is InChI=1S/C22H30O2/c1-15(2)17-11-8-9-14-20(17)23-24-21-18(16(3)4)12-10-13-19(21)22(5,6)7/h8-16H,1-7H3. The number of hydrogen-bond donors (Lipinski definition) is 0.